The summed E-state index contributed by atoms with van der Waals surface area (Å²) < 4.78 is 30.8. The summed E-state index contributed by atoms with van der Waals surface area (Å²) in [6.45, 7) is 2.05. The zero-order valence-corrected chi connectivity index (χ0v) is 19.9. The van der Waals surface area contributed by atoms with Gasteiger partial charge in [-0.15, -0.1) is 0 Å². The molecular formula is C24H33N3O4S. The van der Waals surface area contributed by atoms with Crippen molar-refractivity contribution in [1.82, 2.24) is 14.5 Å². The van der Waals surface area contributed by atoms with E-state index in [1.54, 1.807) is 19.2 Å². The molecule has 0 unspecified atom stereocenters. The summed E-state index contributed by atoms with van der Waals surface area (Å²) in [5, 5.41) is 3.03. The minimum atomic E-state index is -3.41. The van der Waals surface area contributed by atoms with Crippen molar-refractivity contribution in [2.24, 2.45) is 0 Å². The van der Waals surface area contributed by atoms with Crippen LogP contribution < -0.4 is 10.1 Å². The molecule has 32 heavy (non-hydrogen) atoms. The lowest BCUT2D eigenvalue weighted by Gasteiger charge is -2.32. The molecule has 2 aromatic carbocycles. The van der Waals surface area contributed by atoms with Crippen molar-refractivity contribution in [2.45, 2.75) is 36.5 Å². The summed E-state index contributed by atoms with van der Waals surface area (Å²) in [5.74, 6) is 1.19. The number of aryl methyl sites for hydroxylation is 1. The highest BCUT2D eigenvalue weighted by molar-refractivity contribution is 7.89. The number of nitrogens with one attached hydrogen (secondary N) is 1. The Morgan fingerprint density at radius 2 is 1.69 bits per heavy atom. The number of nitrogens with zero attached hydrogens (tertiary/aromatic N) is 2. The Bertz CT molecular complexity index is 981. The number of piperidine rings is 1. The van der Waals surface area contributed by atoms with Gasteiger partial charge in [-0.3, -0.25) is 0 Å². The van der Waals surface area contributed by atoms with Gasteiger partial charge in [-0.05, 0) is 67.0 Å². The van der Waals surface area contributed by atoms with Crippen molar-refractivity contribution in [1.29, 1.82) is 0 Å². The third-order valence-electron chi connectivity index (χ3n) is 5.99. The Labute approximate surface area is 191 Å². The molecule has 0 radical (unpaired) electrons. The second-order valence-electron chi connectivity index (χ2n) is 8.30. The Kier molecular flexibility index (Phi) is 8.15. The first-order valence-electron chi connectivity index (χ1n) is 11.0. The summed E-state index contributed by atoms with van der Waals surface area (Å²) >= 11 is 0. The van der Waals surface area contributed by atoms with Crippen LogP contribution in [-0.4, -0.2) is 64.5 Å². The number of sulfonamides is 1. The molecule has 3 rings (SSSR count). The Morgan fingerprint density at radius 1 is 1.06 bits per heavy atom. The monoisotopic (exact) mass is 459 g/mol. The molecule has 1 aliphatic heterocycles. The van der Waals surface area contributed by atoms with E-state index in [1.165, 1.54) is 24.0 Å². The van der Waals surface area contributed by atoms with E-state index >= 15 is 0 Å². The van der Waals surface area contributed by atoms with Crippen molar-refractivity contribution in [3.8, 4) is 5.75 Å². The second kappa shape index (κ2) is 10.8. The fourth-order valence-corrected chi connectivity index (χ4v) is 4.83. The van der Waals surface area contributed by atoms with E-state index in [1.807, 2.05) is 41.3 Å². The molecule has 0 aromatic heterocycles. The van der Waals surface area contributed by atoms with E-state index in [0.717, 1.165) is 37.0 Å². The van der Waals surface area contributed by atoms with E-state index in [-0.39, 0.29) is 6.03 Å². The molecule has 1 heterocycles. The predicted molar refractivity (Wildman–Crippen MR) is 126 cm³/mol. The quantitative estimate of drug-likeness (QED) is 0.613. The summed E-state index contributed by atoms with van der Waals surface area (Å²) in [5.41, 5.74) is 2.35. The molecule has 1 aliphatic rings. The van der Waals surface area contributed by atoms with Crippen LogP contribution in [0.25, 0.3) is 0 Å². The predicted octanol–water partition coefficient (Wildman–Crippen LogP) is 3.47. The van der Waals surface area contributed by atoms with Crippen LogP contribution in [0.1, 0.15) is 36.3 Å². The highest BCUT2D eigenvalue weighted by atomic mass is 32.2. The van der Waals surface area contributed by atoms with E-state index in [9.17, 15) is 13.2 Å². The molecule has 174 valence electrons. The molecule has 2 aromatic rings. The average molecular weight is 460 g/mol. The molecule has 0 bridgehead atoms. The largest absolute Gasteiger partial charge is 0.497 e. The molecule has 0 saturated carbocycles. The topological polar surface area (TPSA) is 79.0 Å². The average Bonchev–Trinajstić information content (AvgIpc) is 2.82. The molecule has 7 nitrogen and oxygen atoms in total. The maximum absolute atomic E-state index is 12.5. The lowest BCUT2D eigenvalue weighted by atomic mass is 9.89. The highest BCUT2D eigenvalue weighted by Gasteiger charge is 2.24. The number of carbonyl (C=O) groups excluding carboxylic acids is 1. The number of carbonyl (C=O) groups is 1. The molecule has 0 atom stereocenters. The minimum absolute atomic E-state index is 0.00870. The van der Waals surface area contributed by atoms with Gasteiger partial charge in [0, 0.05) is 33.7 Å². The van der Waals surface area contributed by atoms with Crippen LogP contribution in [0.2, 0.25) is 0 Å². The number of ether oxygens (including phenoxy) is 1. The maximum Gasteiger partial charge on any atom is 0.317 e. The molecule has 0 aliphatic carbocycles. The number of amides is 2. The van der Waals surface area contributed by atoms with E-state index in [4.69, 9.17) is 4.74 Å². The van der Waals surface area contributed by atoms with Gasteiger partial charge in [0.2, 0.25) is 10.0 Å². The molecule has 2 amide bonds. The summed E-state index contributed by atoms with van der Waals surface area (Å²) in [6, 6.07) is 15.1. The summed E-state index contributed by atoms with van der Waals surface area (Å²) in [4.78, 5) is 14.7. The van der Waals surface area contributed by atoms with Crippen LogP contribution in [0.4, 0.5) is 4.79 Å². The molecule has 8 heteroatoms. The first kappa shape index (κ1) is 24.1. The number of benzene rings is 2. The number of rotatable bonds is 8. The maximum atomic E-state index is 12.5. The Morgan fingerprint density at radius 3 is 2.25 bits per heavy atom. The Hall–Kier alpha value is -2.58. The molecule has 1 fully saturated rings. The van der Waals surface area contributed by atoms with Gasteiger partial charge in [-0.25, -0.2) is 17.5 Å². The lowest BCUT2D eigenvalue weighted by Crippen LogP contribution is -2.44. The fourth-order valence-electron chi connectivity index (χ4n) is 3.93. The molecule has 1 N–H and O–H groups in total. The third kappa shape index (κ3) is 6.01. The van der Waals surface area contributed by atoms with Crippen LogP contribution in [0.3, 0.4) is 0 Å². The number of hydrogen-bond acceptors (Lipinski definition) is 4. The van der Waals surface area contributed by atoms with Gasteiger partial charge in [0.25, 0.3) is 0 Å². The van der Waals surface area contributed by atoms with Crippen molar-refractivity contribution >= 4 is 16.1 Å². The zero-order valence-electron chi connectivity index (χ0n) is 19.1. The van der Waals surface area contributed by atoms with Crippen LogP contribution in [-0.2, 0) is 16.4 Å². The van der Waals surface area contributed by atoms with Gasteiger partial charge in [0.05, 0.1) is 12.0 Å². The lowest BCUT2D eigenvalue weighted by molar-refractivity contribution is 0.181. The van der Waals surface area contributed by atoms with Crippen LogP contribution in [0, 0.1) is 0 Å². The first-order chi connectivity index (χ1) is 15.3. The van der Waals surface area contributed by atoms with Gasteiger partial charge in [-0.2, -0.15) is 0 Å². The smallest absolute Gasteiger partial charge is 0.317 e. The van der Waals surface area contributed by atoms with Crippen LogP contribution in [0.15, 0.2) is 53.4 Å². The first-order valence-corrected chi connectivity index (χ1v) is 12.4. The minimum Gasteiger partial charge on any atom is -0.497 e. The third-order valence-corrected chi connectivity index (χ3v) is 7.82. The fraction of sp³-hybridized carbons (Fsp3) is 0.458. The van der Waals surface area contributed by atoms with E-state index < -0.39 is 10.0 Å². The molecular weight excluding hydrogens is 426 g/mol. The second-order valence-corrected chi connectivity index (χ2v) is 10.5. The van der Waals surface area contributed by atoms with Crippen LogP contribution in [0.5, 0.6) is 5.75 Å². The van der Waals surface area contributed by atoms with E-state index in [2.05, 4.69) is 5.32 Å². The Balaban J connectivity index is 1.41. The van der Waals surface area contributed by atoms with Gasteiger partial charge < -0.3 is 15.0 Å². The molecule has 1 saturated heterocycles. The standard InChI is InChI=1S/C24H33N3O4S/c1-26(2)32(29,30)23-12-8-20(9-13-23)21-14-17-27(18-15-21)24(28)25-16-4-5-19-6-10-22(31-3)11-7-19/h6-13,21H,4-5,14-18H2,1-3H3,(H,25,28). The highest BCUT2D eigenvalue weighted by Crippen LogP contribution is 2.29. The van der Waals surface area contributed by atoms with Crippen molar-refractivity contribution < 1.29 is 17.9 Å². The van der Waals surface area contributed by atoms with Gasteiger partial charge in [0.1, 0.15) is 5.75 Å². The summed E-state index contributed by atoms with van der Waals surface area (Å²) in [7, 11) is 1.31. The van der Waals surface area contributed by atoms with Gasteiger partial charge >= 0.3 is 6.03 Å². The van der Waals surface area contributed by atoms with Crippen molar-refractivity contribution in [3.05, 3.63) is 59.7 Å². The normalized spacial score (nSPS) is 15.1. The van der Waals surface area contributed by atoms with E-state index in [0.29, 0.717) is 30.4 Å². The van der Waals surface area contributed by atoms with Gasteiger partial charge in [-0.1, -0.05) is 24.3 Å². The van der Waals surface area contributed by atoms with Crippen molar-refractivity contribution in [2.75, 3.05) is 40.8 Å². The number of methoxy groups -OCH3 is 1. The van der Waals surface area contributed by atoms with Crippen molar-refractivity contribution in [3.63, 3.8) is 0 Å². The van der Waals surface area contributed by atoms with Gasteiger partial charge in [0.15, 0.2) is 0 Å². The number of likely N-dealkylation sites (tertiary alicyclic amines) is 1. The number of urea groups is 1. The summed E-state index contributed by atoms with van der Waals surface area (Å²) in [6.07, 6.45) is 3.54. The van der Waals surface area contributed by atoms with Crippen LogP contribution >= 0.6 is 0 Å². The number of hydrogen-bond donors (Lipinski definition) is 1. The SMILES string of the molecule is COc1ccc(CCCNC(=O)N2CCC(c3ccc(S(=O)(=O)N(C)C)cc3)CC2)cc1. The molecule has 0 spiro atoms. The zero-order chi connectivity index (χ0) is 23.1.